The van der Waals surface area contributed by atoms with Crippen LogP contribution in [0.25, 0.3) is 0 Å². The fraction of sp³-hybridized carbons (Fsp3) is 0.923. The van der Waals surface area contributed by atoms with E-state index in [9.17, 15) is 5.26 Å². The third-order valence-electron chi connectivity index (χ3n) is 3.22. The summed E-state index contributed by atoms with van der Waals surface area (Å²) in [4.78, 5) is 0. The van der Waals surface area contributed by atoms with Gasteiger partial charge in [-0.15, -0.1) is 0 Å². The molecule has 1 aliphatic rings. The first-order valence-electron chi connectivity index (χ1n) is 6.27. The Bertz CT molecular complexity index is 257. The van der Waals surface area contributed by atoms with Gasteiger partial charge in [-0.25, -0.2) is 0 Å². The predicted molar refractivity (Wildman–Crippen MR) is 65.0 cm³/mol. The highest BCUT2D eigenvalue weighted by atomic mass is 16.5. The second-order valence-electron chi connectivity index (χ2n) is 5.58. The van der Waals surface area contributed by atoms with Crippen LogP contribution in [0.4, 0.5) is 0 Å². The molecule has 0 amide bonds. The van der Waals surface area contributed by atoms with E-state index in [2.05, 4.69) is 39.1 Å². The molecule has 1 N–H and O–H groups in total. The molecule has 1 saturated heterocycles. The molecule has 0 spiro atoms. The first kappa shape index (κ1) is 13.5. The Labute approximate surface area is 99.2 Å². The minimum Gasteiger partial charge on any atom is -0.378 e. The Hall–Kier alpha value is -0.590. The SMILES string of the molecule is CC(C)CNC1(C#N)CCOC(C(C)C)C1. The molecule has 0 aromatic heterocycles. The van der Waals surface area contributed by atoms with Crippen LogP contribution in [0.2, 0.25) is 0 Å². The summed E-state index contributed by atoms with van der Waals surface area (Å²) in [5, 5.41) is 12.8. The molecule has 0 aromatic carbocycles. The van der Waals surface area contributed by atoms with E-state index in [-0.39, 0.29) is 11.6 Å². The summed E-state index contributed by atoms with van der Waals surface area (Å²) in [6.07, 6.45) is 1.83. The molecule has 16 heavy (non-hydrogen) atoms. The number of hydrogen-bond donors (Lipinski definition) is 1. The number of rotatable bonds is 4. The largest absolute Gasteiger partial charge is 0.378 e. The number of nitriles is 1. The Balaban J connectivity index is 2.61. The third-order valence-corrected chi connectivity index (χ3v) is 3.22. The summed E-state index contributed by atoms with van der Waals surface area (Å²) in [6, 6.07) is 2.47. The Kier molecular flexibility index (Phi) is 4.76. The van der Waals surface area contributed by atoms with Crippen molar-refractivity contribution in [3.05, 3.63) is 0 Å². The van der Waals surface area contributed by atoms with E-state index in [1.807, 2.05) is 0 Å². The van der Waals surface area contributed by atoms with Crippen molar-refractivity contribution in [3.63, 3.8) is 0 Å². The highest BCUT2D eigenvalue weighted by Crippen LogP contribution is 2.28. The van der Waals surface area contributed by atoms with Crippen molar-refractivity contribution in [1.82, 2.24) is 5.32 Å². The van der Waals surface area contributed by atoms with Crippen molar-refractivity contribution in [1.29, 1.82) is 5.26 Å². The van der Waals surface area contributed by atoms with Gasteiger partial charge in [-0.2, -0.15) is 5.26 Å². The maximum absolute atomic E-state index is 9.39. The molecule has 0 aliphatic carbocycles. The third kappa shape index (κ3) is 3.47. The number of nitrogens with one attached hydrogen (secondary N) is 1. The van der Waals surface area contributed by atoms with Crippen molar-refractivity contribution in [3.8, 4) is 6.07 Å². The molecule has 1 heterocycles. The van der Waals surface area contributed by atoms with Crippen molar-refractivity contribution < 1.29 is 4.74 Å². The summed E-state index contributed by atoms with van der Waals surface area (Å²) < 4.78 is 5.71. The normalized spacial score (nSPS) is 30.7. The molecule has 1 rings (SSSR count). The molecule has 0 radical (unpaired) electrons. The summed E-state index contributed by atoms with van der Waals surface area (Å²) in [6.45, 7) is 10.2. The summed E-state index contributed by atoms with van der Waals surface area (Å²) in [5.74, 6) is 1.06. The van der Waals surface area contributed by atoms with Gasteiger partial charge in [-0.3, -0.25) is 5.32 Å². The van der Waals surface area contributed by atoms with E-state index in [0.717, 1.165) is 19.4 Å². The number of ether oxygens (including phenoxy) is 1. The summed E-state index contributed by atoms with van der Waals surface area (Å²) in [7, 11) is 0. The summed E-state index contributed by atoms with van der Waals surface area (Å²) in [5.41, 5.74) is -0.364. The van der Waals surface area contributed by atoms with E-state index < -0.39 is 0 Å². The topological polar surface area (TPSA) is 45.0 Å². The van der Waals surface area contributed by atoms with Crippen LogP contribution in [0.15, 0.2) is 0 Å². The smallest absolute Gasteiger partial charge is 0.111 e. The molecule has 3 nitrogen and oxygen atoms in total. The van der Waals surface area contributed by atoms with Gasteiger partial charge in [-0.05, 0) is 18.4 Å². The number of nitrogens with zero attached hydrogens (tertiary/aromatic N) is 1. The van der Waals surface area contributed by atoms with E-state index >= 15 is 0 Å². The van der Waals surface area contributed by atoms with Gasteiger partial charge in [0.15, 0.2) is 0 Å². The van der Waals surface area contributed by atoms with Gasteiger partial charge in [0.2, 0.25) is 0 Å². The lowest BCUT2D eigenvalue weighted by atomic mass is 9.84. The molecule has 3 heteroatoms. The van der Waals surface area contributed by atoms with Crippen molar-refractivity contribution in [2.75, 3.05) is 13.2 Å². The fourth-order valence-corrected chi connectivity index (χ4v) is 2.02. The van der Waals surface area contributed by atoms with E-state index in [0.29, 0.717) is 18.4 Å². The average Bonchev–Trinajstić information content (AvgIpc) is 2.26. The van der Waals surface area contributed by atoms with Crippen molar-refractivity contribution in [2.24, 2.45) is 11.8 Å². The molecule has 92 valence electrons. The molecule has 0 bridgehead atoms. The predicted octanol–water partition coefficient (Wildman–Crippen LogP) is 2.33. The molecule has 2 atom stereocenters. The lowest BCUT2D eigenvalue weighted by Gasteiger charge is -2.38. The van der Waals surface area contributed by atoms with Gasteiger partial charge >= 0.3 is 0 Å². The van der Waals surface area contributed by atoms with Crippen molar-refractivity contribution >= 4 is 0 Å². The molecule has 1 fully saturated rings. The van der Waals surface area contributed by atoms with Gasteiger partial charge in [0.05, 0.1) is 12.2 Å². The van der Waals surface area contributed by atoms with E-state index in [1.54, 1.807) is 0 Å². The minimum atomic E-state index is -0.364. The molecular weight excluding hydrogens is 200 g/mol. The molecule has 0 saturated carbocycles. The van der Waals surface area contributed by atoms with Crippen LogP contribution < -0.4 is 5.32 Å². The highest BCUT2D eigenvalue weighted by Gasteiger charge is 2.37. The molecule has 2 unspecified atom stereocenters. The fourth-order valence-electron chi connectivity index (χ4n) is 2.02. The second kappa shape index (κ2) is 5.65. The van der Waals surface area contributed by atoms with Gasteiger partial charge in [0.1, 0.15) is 5.54 Å². The Morgan fingerprint density at radius 1 is 1.44 bits per heavy atom. The van der Waals surface area contributed by atoms with Crippen LogP contribution in [0, 0.1) is 23.2 Å². The van der Waals surface area contributed by atoms with Crippen LogP contribution in [0.3, 0.4) is 0 Å². The zero-order valence-corrected chi connectivity index (χ0v) is 10.9. The quantitative estimate of drug-likeness (QED) is 0.797. The maximum Gasteiger partial charge on any atom is 0.111 e. The lowest BCUT2D eigenvalue weighted by Crippen LogP contribution is -2.52. The standard InChI is InChI=1S/C13H24N2O/c1-10(2)8-15-13(9-14)5-6-16-12(7-13)11(3)4/h10-12,15H,5-8H2,1-4H3. The lowest BCUT2D eigenvalue weighted by molar-refractivity contribution is -0.0389. The van der Waals surface area contributed by atoms with E-state index in [1.165, 1.54) is 0 Å². The van der Waals surface area contributed by atoms with Crippen LogP contribution >= 0.6 is 0 Å². The van der Waals surface area contributed by atoms with Crippen molar-refractivity contribution in [2.45, 2.75) is 52.2 Å². The Morgan fingerprint density at radius 3 is 2.62 bits per heavy atom. The highest BCUT2D eigenvalue weighted by molar-refractivity contribution is 5.10. The maximum atomic E-state index is 9.39. The van der Waals surface area contributed by atoms with Crippen LogP contribution in [-0.2, 0) is 4.74 Å². The monoisotopic (exact) mass is 224 g/mol. The first-order valence-corrected chi connectivity index (χ1v) is 6.27. The molecular formula is C13H24N2O. The van der Waals surface area contributed by atoms with Gasteiger partial charge in [0, 0.05) is 19.4 Å². The van der Waals surface area contributed by atoms with Gasteiger partial charge < -0.3 is 4.74 Å². The Morgan fingerprint density at radius 2 is 2.12 bits per heavy atom. The second-order valence-corrected chi connectivity index (χ2v) is 5.58. The van der Waals surface area contributed by atoms with Crippen LogP contribution in [-0.4, -0.2) is 24.8 Å². The van der Waals surface area contributed by atoms with Crippen LogP contribution in [0.1, 0.15) is 40.5 Å². The zero-order chi connectivity index (χ0) is 12.2. The molecule has 1 aliphatic heterocycles. The number of hydrogen-bond acceptors (Lipinski definition) is 3. The average molecular weight is 224 g/mol. The first-order chi connectivity index (χ1) is 7.49. The van der Waals surface area contributed by atoms with E-state index in [4.69, 9.17) is 4.74 Å². The summed E-state index contributed by atoms with van der Waals surface area (Å²) >= 11 is 0. The minimum absolute atomic E-state index is 0.216. The van der Waals surface area contributed by atoms with Crippen LogP contribution in [0.5, 0.6) is 0 Å². The van der Waals surface area contributed by atoms with Gasteiger partial charge in [-0.1, -0.05) is 27.7 Å². The zero-order valence-electron chi connectivity index (χ0n) is 10.9. The van der Waals surface area contributed by atoms with Gasteiger partial charge in [0.25, 0.3) is 0 Å². The molecule has 0 aromatic rings.